The van der Waals surface area contributed by atoms with Crippen molar-refractivity contribution < 1.29 is 23.9 Å². The number of aromatic nitrogens is 1. The molecule has 0 spiro atoms. The lowest BCUT2D eigenvalue weighted by molar-refractivity contribution is -0.125. The van der Waals surface area contributed by atoms with Gasteiger partial charge in [-0.2, -0.15) is 0 Å². The number of carbonyl (C=O) groups is 3. The highest BCUT2D eigenvalue weighted by atomic mass is 16.5. The number of ether oxygens (including phenoxy) is 2. The van der Waals surface area contributed by atoms with Gasteiger partial charge in [0.15, 0.2) is 5.76 Å². The van der Waals surface area contributed by atoms with Gasteiger partial charge in [-0.3, -0.25) is 14.4 Å². The standard InChI is InChI=1S/C24H28N4O5/c1-15-7-6-8-21(26-15)24(31)28-20-11-9-19(10-12-20)17(3)33-18(4)23(30)25-13-22(29)27-16(2)14-32-5/h6-12,16H,3-4,13-14H2,1-2,5H3,(H,25,30)(H,27,29)(H,28,31)/t16-/m0/s1. The molecule has 2 aromatic rings. The molecule has 0 aliphatic carbocycles. The largest absolute Gasteiger partial charge is 0.452 e. The van der Waals surface area contributed by atoms with E-state index >= 15 is 0 Å². The SMILES string of the molecule is C=C(OC(=C)c1ccc(NC(=O)c2cccc(C)n2)cc1)C(=O)NCC(=O)N[C@@H](C)COC. The molecule has 0 unspecified atom stereocenters. The maximum absolute atomic E-state index is 12.3. The Bertz CT molecular complexity index is 1030. The van der Waals surface area contributed by atoms with E-state index in [1.807, 2.05) is 13.0 Å². The first-order valence-corrected chi connectivity index (χ1v) is 10.2. The number of hydrogen-bond donors (Lipinski definition) is 3. The number of aryl methyl sites for hydroxylation is 1. The van der Waals surface area contributed by atoms with Gasteiger partial charge in [0.05, 0.1) is 13.2 Å². The first-order valence-electron chi connectivity index (χ1n) is 10.2. The monoisotopic (exact) mass is 452 g/mol. The maximum atomic E-state index is 12.3. The second-order valence-corrected chi connectivity index (χ2v) is 7.25. The summed E-state index contributed by atoms with van der Waals surface area (Å²) >= 11 is 0. The fourth-order valence-corrected chi connectivity index (χ4v) is 2.73. The number of hydrogen-bond acceptors (Lipinski definition) is 6. The summed E-state index contributed by atoms with van der Waals surface area (Å²) in [5, 5.41) is 7.86. The normalized spacial score (nSPS) is 11.1. The van der Waals surface area contributed by atoms with E-state index < -0.39 is 5.91 Å². The van der Waals surface area contributed by atoms with Crippen LogP contribution in [-0.2, 0) is 19.1 Å². The van der Waals surface area contributed by atoms with Gasteiger partial charge in [-0.05, 0) is 50.2 Å². The Kier molecular flexibility index (Phi) is 9.31. The van der Waals surface area contributed by atoms with Crippen molar-refractivity contribution in [3.63, 3.8) is 0 Å². The van der Waals surface area contributed by atoms with Crippen molar-refractivity contribution in [3.05, 3.63) is 78.3 Å². The van der Waals surface area contributed by atoms with Crippen molar-refractivity contribution in [2.75, 3.05) is 25.6 Å². The Balaban J connectivity index is 1.84. The molecule has 0 aliphatic heterocycles. The van der Waals surface area contributed by atoms with E-state index in [1.165, 1.54) is 7.11 Å². The van der Waals surface area contributed by atoms with Crippen LogP contribution < -0.4 is 16.0 Å². The van der Waals surface area contributed by atoms with Crippen molar-refractivity contribution in [2.45, 2.75) is 19.9 Å². The molecule has 0 aliphatic rings. The molecule has 1 aromatic carbocycles. The molecule has 0 fully saturated rings. The molecule has 0 bridgehead atoms. The summed E-state index contributed by atoms with van der Waals surface area (Å²) in [7, 11) is 1.53. The zero-order valence-corrected chi connectivity index (χ0v) is 18.9. The first-order chi connectivity index (χ1) is 15.7. The highest BCUT2D eigenvalue weighted by Gasteiger charge is 2.14. The quantitative estimate of drug-likeness (QED) is 0.356. The maximum Gasteiger partial charge on any atom is 0.286 e. The summed E-state index contributed by atoms with van der Waals surface area (Å²) in [5.41, 5.74) is 2.21. The molecule has 0 radical (unpaired) electrons. The lowest BCUT2D eigenvalue weighted by Crippen LogP contribution is -2.42. The van der Waals surface area contributed by atoms with E-state index in [1.54, 1.807) is 43.3 Å². The van der Waals surface area contributed by atoms with E-state index in [0.717, 1.165) is 5.69 Å². The predicted molar refractivity (Wildman–Crippen MR) is 125 cm³/mol. The second-order valence-electron chi connectivity index (χ2n) is 7.25. The first kappa shape index (κ1) is 25.3. The summed E-state index contributed by atoms with van der Waals surface area (Å²) in [5.74, 6) is -1.35. The van der Waals surface area contributed by atoms with Gasteiger partial charge in [0.2, 0.25) is 5.91 Å². The van der Waals surface area contributed by atoms with Crippen molar-refractivity contribution in [1.29, 1.82) is 0 Å². The van der Waals surface area contributed by atoms with Crippen molar-refractivity contribution in [1.82, 2.24) is 15.6 Å². The smallest absolute Gasteiger partial charge is 0.286 e. The molecule has 1 aromatic heterocycles. The average molecular weight is 453 g/mol. The van der Waals surface area contributed by atoms with Gasteiger partial charge in [-0.15, -0.1) is 0 Å². The van der Waals surface area contributed by atoms with Crippen LogP contribution in [0, 0.1) is 6.92 Å². The number of amides is 3. The number of benzene rings is 1. The summed E-state index contributed by atoms with van der Waals surface area (Å²) in [4.78, 5) is 40.4. The van der Waals surface area contributed by atoms with Crippen molar-refractivity contribution in [3.8, 4) is 0 Å². The van der Waals surface area contributed by atoms with Crippen LogP contribution >= 0.6 is 0 Å². The Morgan fingerprint density at radius 3 is 2.42 bits per heavy atom. The Morgan fingerprint density at radius 2 is 1.79 bits per heavy atom. The Hall–Kier alpha value is -3.98. The van der Waals surface area contributed by atoms with Crippen molar-refractivity contribution >= 4 is 29.2 Å². The van der Waals surface area contributed by atoms with Gasteiger partial charge in [-0.25, -0.2) is 4.98 Å². The lowest BCUT2D eigenvalue weighted by Gasteiger charge is -2.14. The fraction of sp³-hybridized carbons (Fsp3) is 0.250. The molecule has 3 N–H and O–H groups in total. The number of methoxy groups -OCH3 is 1. The summed E-state index contributed by atoms with van der Waals surface area (Å²) < 4.78 is 10.3. The van der Waals surface area contributed by atoms with Crippen molar-refractivity contribution in [2.24, 2.45) is 0 Å². The molecule has 2 rings (SSSR count). The molecule has 0 saturated carbocycles. The molecule has 1 heterocycles. The van der Waals surface area contributed by atoms with E-state index in [4.69, 9.17) is 9.47 Å². The van der Waals surface area contributed by atoms with Gasteiger partial charge in [-0.1, -0.05) is 19.2 Å². The van der Waals surface area contributed by atoms with Gasteiger partial charge in [0, 0.05) is 30.1 Å². The molecule has 0 saturated heterocycles. The topological polar surface area (TPSA) is 119 Å². The van der Waals surface area contributed by atoms with Crippen LogP contribution in [0.25, 0.3) is 5.76 Å². The highest BCUT2D eigenvalue weighted by molar-refractivity contribution is 6.03. The fourth-order valence-electron chi connectivity index (χ4n) is 2.73. The number of nitrogens with one attached hydrogen (secondary N) is 3. The summed E-state index contributed by atoms with van der Waals surface area (Å²) in [6, 6.07) is 11.7. The molecule has 3 amide bonds. The lowest BCUT2D eigenvalue weighted by atomic mass is 10.2. The van der Waals surface area contributed by atoms with E-state index in [-0.39, 0.29) is 35.9 Å². The van der Waals surface area contributed by atoms with Crippen LogP contribution in [0.1, 0.15) is 28.7 Å². The number of rotatable bonds is 11. The van der Waals surface area contributed by atoms with E-state index in [9.17, 15) is 14.4 Å². The molecule has 9 heteroatoms. The minimum atomic E-state index is -0.639. The number of anilines is 1. The van der Waals surface area contributed by atoms with Crippen LogP contribution in [0.15, 0.2) is 61.4 Å². The summed E-state index contributed by atoms with van der Waals surface area (Å²) in [6.45, 7) is 11.1. The average Bonchev–Trinajstić information content (AvgIpc) is 2.77. The predicted octanol–water partition coefficient (Wildman–Crippen LogP) is 2.41. The van der Waals surface area contributed by atoms with Crippen LogP contribution in [0.5, 0.6) is 0 Å². The molecule has 33 heavy (non-hydrogen) atoms. The molecular weight excluding hydrogens is 424 g/mol. The van der Waals surface area contributed by atoms with Crippen LogP contribution in [0.3, 0.4) is 0 Å². The van der Waals surface area contributed by atoms with Crippen LogP contribution in [0.4, 0.5) is 5.69 Å². The molecule has 174 valence electrons. The Morgan fingerprint density at radius 1 is 1.09 bits per heavy atom. The molecule has 1 atom stereocenters. The van der Waals surface area contributed by atoms with Gasteiger partial charge >= 0.3 is 0 Å². The highest BCUT2D eigenvalue weighted by Crippen LogP contribution is 2.19. The van der Waals surface area contributed by atoms with Gasteiger partial charge < -0.3 is 25.4 Å². The number of carbonyl (C=O) groups excluding carboxylic acids is 3. The van der Waals surface area contributed by atoms with Crippen LogP contribution in [-0.4, -0.2) is 49.0 Å². The minimum absolute atomic E-state index is 0.181. The van der Waals surface area contributed by atoms with E-state index in [2.05, 4.69) is 34.1 Å². The van der Waals surface area contributed by atoms with Gasteiger partial charge in [0.1, 0.15) is 11.5 Å². The molecule has 9 nitrogen and oxygen atoms in total. The van der Waals surface area contributed by atoms with Crippen LogP contribution in [0.2, 0.25) is 0 Å². The van der Waals surface area contributed by atoms with Gasteiger partial charge in [0.25, 0.3) is 11.8 Å². The summed E-state index contributed by atoms with van der Waals surface area (Å²) in [6.07, 6.45) is 0. The zero-order valence-electron chi connectivity index (χ0n) is 18.9. The number of nitrogens with zero attached hydrogens (tertiary/aromatic N) is 1. The zero-order chi connectivity index (χ0) is 24.4. The number of pyridine rings is 1. The second kappa shape index (κ2) is 12.2. The third-order valence-corrected chi connectivity index (χ3v) is 4.32. The molecular formula is C24H28N4O5. The third-order valence-electron chi connectivity index (χ3n) is 4.32. The van der Waals surface area contributed by atoms with E-state index in [0.29, 0.717) is 23.6 Å². The minimum Gasteiger partial charge on any atom is -0.452 e. The third kappa shape index (κ3) is 8.23. The Labute approximate surface area is 192 Å².